The number of nitriles is 2. The van der Waals surface area contributed by atoms with Gasteiger partial charge in [0.05, 0.1) is 13.1 Å². The summed E-state index contributed by atoms with van der Waals surface area (Å²) >= 11 is 0. The predicted octanol–water partition coefficient (Wildman–Crippen LogP) is 17.0. The number of nitrogens with zero attached hydrogens (tertiary/aromatic N) is 4. The summed E-state index contributed by atoms with van der Waals surface area (Å²) in [6.07, 6.45) is -0.459. The second kappa shape index (κ2) is 23.0. The predicted molar refractivity (Wildman–Crippen MR) is 328 cm³/mol. The highest BCUT2D eigenvalue weighted by atomic mass is 16.5. The number of nitrogen functional groups attached to an aromatic ring is 4. The molecule has 18 nitrogen and oxygen atoms in total. The minimum absolute atomic E-state index is 0.0134. The molecule has 0 aliphatic heterocycles. The van der Waals surface area contributed by atoms with Crippen molar-refractivity contribution in [3.05, 3.63) is 250 Å². The first-order chi connectivity index (χ1) is 42.7. The lowest BCUT2D eigenvalue weighted by Crippen LogP contribution is -2.24. The van der Waals surface area contributed by atoms with Crippen LogP contribution in [0.1, 0.15) is 61.4 Å². The van der Waals surface area contributed by atoms with Gasteiger partial charge in [0.2, 0.25) is 0 Å². The highest BCUT2D eigenvalue weighted by Gasteiger charge is 2.54. The van der Waals surface area contributed by atoms with Crippen LogP contribution < -0.4 is 60.8 Å². The number of rotatable bonds is 16. The molecule has 10 aromatic carbocycles. The van der Waals surface area contributed by atoms with Crippen molar-refractivity contribution < 1.29 is 47.5 Å². The Morgan fingerprint density at radius 1 is 0.409 bits per heavy atom. The van der Waals surface area contributed by atoms with Gasteiger partial charge in [0, 0.05) is 82.0 Å². The van der Waals surface area contributed by atoms with Gasteiger partial charge in [0.25, 0.3) is 11.4 Å². The first-order valence-corrected chi connectivity index (χ1v) is 27.1. The summed E-state index contributed by atoms with van der Waals surface area (Å²) in [7, 11) is 0. The van der Waals surface area contributed by atoms with Crippen molar-refractivity contribution in [2.45, 2.75) is 25.2 Å². The number of carbonyl (C=O) groups is 2. The SMILES string of the molecule is [C-]#[N+]c1c(Oc2cccc(N)c2)cccc1Oc1cc2c(cc1Oc1cccc(Oc3cccc(N)c3)c1[N+]#[C-])C1(CC2=O)CC(=O)c2cc(Oc3cccc(Oc4cccc(N)c4)c3C#N)c(Oc3cccc(Oc4cccc(N)c4)c3C#N)c(C)c21. The number of hydrogen-bond donors (Lipinski definition) is 4. The fourth-order valence-corrected chi connectivity index (χ4v) is 10.9. The largest absolute Gasteiger partial charge is 0.468 e. The number of Topliss-reactive ketones (excluding diaryl/α,β-unsaturated/α-hetero) is 2. The van der Waals surface area contributed by atoms with E-state index in [0.717, 1.165) is 0 Å². The Balaban J connectivity index is 1.02. The van der Waals surface area contributed by atoms with Crippen molar-refractivity contribution in [1.82, 2.24) is 0 Å². The highest BCUT2D eigenvalue weighted by molar-refractivity contribution is 6.11. The summed E-state index contributed by atoms with van der Waals surface area (Å²) < 4.78 is 51.7. The standard InChI is InChI=1S/C70H46N8O10/c1-39-66-49(33-65(85-57-22-8-20-55(50(57)37-71)81-44-16-4-12-40(73)28-44)69(39)88-58-23-9-21-56(51(58)38-72)82-45-17-5-13-41(74)29-45)54(80)36-70(66)35-53(79)48-32-63(86-61-26-10-24-59(67(61)77-2)83-46-18-6-14-42(75)30-46)64(34-52(48)70)87-62-27-11-25-60(68(62)78-3)84-47-19-7-15-43(76)31-47/h4-34H,35-36,73-76H2,1H3. The summed E-state index contributed by atoms with van der Waals surface area (Å²) in [6, 6.07) is 54.9. The first-order valence-electron chi connectivity index (χ1n) is 27.1. The maximum absolute atomic E-state index is 15.0. The van der Waals surface area contributed by atoms with Crippen LogP contribution in [0.5, 0.6) is 92.0 Å². The molecule has 88 heavy (non-hydrogen) atoms. The van der Waals surface area contributed by atoms with Gasteiger partial charge in [-0.15, -0.1) is 0 Å². The highest BCUT2D eigenvalue weighted by Crippen LogP contribution is 2.60. The van der Waals surface area contributed by atoms with Crippen LogP contribution in [0.2, 0.25) is 0 Å². The van der Waals surface area contributed by atoms with Crippen LogP contribution in [0.25, 0.3) is 9.69 Å². The minimum Gasteiger partial charge on any atom is -0.468 e. The van der Waals surface area contributed by atoms with Crippen molar-refractivity contribution in [1.29, 1.82) is 10.5 Å². The quantitative estimate of drug-likeness (QED) is 0.0517. The van der Waals surface area contributed by atoms with Gasteiger partial charge in [-0.05, 0) is 133 Å². The van der Waals surface area contributed by atoms with Crippen molar-refractivity contribution in [2.75, 3.05) is 22.9 Å². The van der Waals surface area contributed by atoms with E-state index in [0.29, 0.717) is 62.4 Å². The van der Waals surface area contributed by atoms with E-state index in [1.807, 2.05) is 0 Å². The van der Waals surface area contributed by atoms with Crippen molar-refractivity contribution >= 4 is 45.7 Å². The van der Waals surface area contributed by atoms with Crippen LogP contribution in [0.15, 0.2) is 188 Å². The molecule has 1 atom stereocenters. The van der Waals surface area contributed by atoms with Crippen LogP contribution in [-0.4, -0.2) is 11.6 Å². The lowest BCUT2D eigenvalue weighted by molar-refractivity contribution is 0.0957. The summed E-state index contributed by atoms with van der Waals surface area (Å²) in [5.74, 6) is 1.24. The van der Waals surface area contributed by atoms with E-state index < -0.39 is 5.41 Å². The lowest BCUT2D eigenvalue weighted by Gasteiger charge is -2.29. The molecular weight excluding hydrogens is 1110 g/mol. The third kappa shape index (κ3) is 10.6. The van der Waals surface area contributed by atoms with E-state index in [2.05, 4.69) is 21.8 Å². The van der Waals surface area contributed by atoms with E-state index in [1.54, 1.807) is 183 Å². The molecule has 8 N–H and O–H groups in total. The summed E-state index contributed by atoms with van der Waals surface area (Å²) in [5, 5.41) is 21.5. The number of hydrogen-bond acceptors (Lipinski definition) is 16. The molecule has 0 fully saturated rings. The van der Waals surface area contributed by atoms with E-state index in [-0.39, 0.29) is 127 Å². The first kappa shape index (κ1) is 55.6. The normalized spacial score (nSPS) is 13.4. The molecule has 12 rings (SSSR count). The second-order valence-corrected chi connectivity index (χ2v) is 20.4. The van der Waals surface area contributed by atoms with Gasteiger partial charge in [0.1, 0.15) is 92.3 Å². The lowest BCUT2D eigenvalue weighted by atomic mass is 9.74. The molecule has 1 spiro atoms. The average Bonchev–Trinajstić information content (AvgIpc) is 1.61. The molecule has 1 unspecified atom stereocenters. The zero-order valence-electron chi connectivity index (χ0n) is 46.5. The Morgan fingerprint density at radius 3 is 1.15 bits per heavy atom. The zero-order chi connectivity index (χ0) is 61.2. The molecule has 426 valence electrons. The molecule has 0 bridgehead atoms. The molecule has 0 saturated heterocycles. The van der Waals surface area contributed by atoms with Gasteiger partial charge < -0.3 is 60.8 Å². The van der Waals surface area contributed by atoms with E-state index in [9.17, 15) is 15.3 Å². The molecule has 0 aromatic heterocycles. The number of ketones is 2. The van der Waals surface area contributed by atoms with Gasteiger partial charge in [0.15, 0.2) is 34.6 Å². The minimum atomic E-state index is -1.41. The fourth-order valence-electron chi connectivity index (χ4n) is 10.9. The van der Waals surface area contributed by atoms with Crippen LogP contribution in [-0.2, 0) is 5.41 Å². The monoisotopic (exact) mass is 1160 g/mol. The van der Waals surface area contributed by atoms with Crippen molar-refractivity contribution in [3.63, 3.8) is 0 Å². The molecule has 0 saturated carbocycles. The topological polar surface area (TPSA) is 268 Å². The Labute approximate surface area is 503 Å². The smallest absolute Gasteiger partial charge is 0.270 e. The van der Waals surface area contributed by atoms with Crippen LogP contribution in [0, 0.1) is 42.7 Å². The van der Waals surface area contributed by atoms with Crippen LogP contribution in [0.3, 0.4) is 0 Å². The van der Waals surface area contributed by atoms with Gasteiger partial charge in [-0.25, -0.2) is 9.69 Å². The molecule has 0 heterocycles. The van der Waals surface area contributed by atoms with E-state index in [1.165, 1.54) is 12.1 Å². The van der Waals surface area contributed by atoms with E-state index >= 15 is 4.79 Å². The summed E-state index contributed by atoms with van der Waals surface area (Å²) in [6.45, 7) is 18.4. The molecular formula is C70H46N8O10. The number of fused-ring (bicyclic) bond motifs is 4. The maximum atomic E-state index is 15.0. The number of anilines is 4. The molecule has 18 heteroatoms. The van der Waals surface area contributed by atoms with Gasteiger partial charge >= 0.3 is 0 Å². The van der Waals surface area contributed by atoms with Crippen LogP contribution >= 0.6 is 0 Å². The third-order valence-corrected chi connectivity index (χ3v) is 14.7. The summed E-state index contributed by atoms with van der Waals surface area (Å²) in [5.41, 5.74) is 26.0. The average molecular weight is 1160 g/mol. The number of ether oxygens (including phenoxy) is 8. The van der Waals surface area contributed by atoms with Crippen molar-refractivity contribution in [3.8, 4) is 104 Å². The zero-order valence-corrected chi connectivity index (χ0v) is 46.5. The molecule has 10 aromatic rings. The fraction of sp³-hybridized carbons (Fsp3) is 0.0571. The number of benzene rings is 10. The Morgan fingerprint density at radius 2 is 0.739 bits per heavy atom. The van der Waals surface area contributed by atoms with Crippen LogP contribution in [0.4, 0.5) is 34.1 Å². The molecule has 2 aliphatic rings. The number of carbonyl (C=O) groups excluding carboxylic acids is 2. The number of nitrogens with two attached hydrogens (primary N) is 4. The maximum Gasteiger partial charge on any atom is 0.270 e. The molecule has 0 amide bonds. The third-order valence-electron chi connectivity index (χ3n) is 14.7. The van der Waals surface area contributed by atoms with Gasteiger partial charge in [-0.1, -0.05) is 48.5 Å². The second-order valence-electron chi connectivity index (χ2n) is 20.4. The summed E-state index contributed by atoms with van der Waals surface area (Å²) in [4.78, 5) is 37.6. The Bertz CT molecular complexity index is 4720. The molecule has 0 radical (unpaired) electrons. The van der Waals surface area contributed by atoms with Gasteiger partial charge in [-0.2, -0.15) is 10.5 Å². The van der Waals surface area contributed by atoms with Gasteiger partial charge in [-0.3, -0.25) is 9.59 Å². The Hall–Kier alpha value is -12.9. The Kier molecular flexibility index (Phi) is 14.6. The van der Waals surface area contributed by atoms with Crippen molar-refractivity contribution in [2.24, 2.45) is 0 Å². The molecule has 2 aliphatic carbocycles. The van der Waals surface area contributed by atoms with E-state index in [4.69, 9.17) is 74.0 Å². The number of para-hydroxylation sites is 2.